The van der Waals surface area contributed by atoms with Crippen molar-refractivity contribution >= 4 is 5.91 Å². The van der Waals surface area contributed by atoms with Crippen LogP contribution in [0.15, 0.2) is 0 Å². The van der Waals surface area contributed by atoms with Crippen molar-refractivity contribution in [2.45, 2.75) is 19.4 Å². The first-order valence-electron chi connectivity index (χ1n) is 3.14. The zero-order valence-electron chi connectivity index (χ0n) is 5.52. The summed E-state index contributed by atoms with van der Waals surface area (Å²) in [7, 11) is 0. The Morgan fingerprint density at radius 1 is 1.78 bits per heavy atom. The molecule has 0 aromatic heterocycles. The van der Waals surface area contributed by atoms with Crippen molar-refractivity contribution in [1.82, 2.24) is 5.32 Å². The molecule has 1 saturated heterocycles. The Morgan fingerprint density at radius 2 is 2.56 bits per heavy atom. The number of amides is 1. The quantitative estimate of drug-likeness (QED) is 0.537. The van der Waals surface area contributed by atoms with Gasteiger partial charge in [-0.05, 0) is 6.42 Å². The second kappa shape index (κ2) is 2.82. The van der Waals surface area contributed by atoms with Crippen LogP contribution >= 0.6 is 0 Å². The van der Waals surface area contributed by atoms with E-state index >= 15 is 0 Å². The van der Waals surface area contributed by atoms with Gasteiger partial charge >= 0.3 is 0 Å². The summed E-state index contributed by atoms with van der Waals surface area (Å²) in [6.45, 7) is 2.99. The molecule has 0 spiro atoms. The maximum absolute atomic E-state index is 10.4. The van der Waals surface area contributed by atoms with Crippen molar-refractivity contribution in [3.8, 4) is 0 Å². The number of ether oxygens (including phenoxy) is 1. The Kier molecular flexibility index (Phi) is 2.05. The van der Waals surface area contributed by atoms with Crippen LogP contribution in [0.4, 0.5) is 0 Å². The second-order valence-corrected chi connectivity index (χ2v) is 2.26. The predicted molar refractivity (Wildman–Crippen MR) is 33.0 cm³/mol. The smallest absolute Gasteiger partial charge is 0.217 e. The molecule has 1 rings (SSSR count). The lowest BCUT2D eigenvalue weighted by Gasteiger charge is -2.06. The highest BCUT2D eigenvalue weighted by Crippen LogP contribution is 2.02. The molecule has 0 aromatic rings. The lowest BCUT2D eigenvalue weighted by atomic mass is 10.3. The van der Waals surface area contributed by atoms with Crippen molar-refractivity contribution in [3.63, 3.8) is 0 Å². The summed E-state index contributed by atoms with van der Waals surface area (Å²) in [5.74, 6) is 0.0329. The van der Waals surface area contributed by atoms with Gasteiger partial charge in [-0.1, -0.05) is 0 Å². The summed E-state index contributed by atoms with van der Waals surface area (Å²) in [4.78, 5) is 10.4. The first kappa shape index (κ1) is 6.55. The Balaban J connectivity index is 2.19. The molecule has 0 radical (unpaired) electrons. The highest BCUT2D eigenvalue weighted by molar-refractivity contribution is 5.73. The van der Waals surface area contributed by atoms with Crippen LogP contribution in [0.5, 0.6) is 0 Å². The fourth-order valence-corrected chi connectivity index (χ4v) is 0.936. The van der Waals surface area contributed by atoms with Crippen molar-refractivity contribution < 1.29 is 9.53 Å². The van der Waals surface area contributed by atoms with Gasteiger partial charge in [0, 0.05) is 13.5 Å². The standard InChI is InChI=1S/C6H11NO2/c1-5(8)7-6-2-3-9-4-6/h6H,2-4H2,1H3,(H,7,8)/t6-/m1/s1. The van der Waals surface area contributed by atoms with Crippen molar-refractivity contribution in [2.75, 3.05) is 13.2 Å². The van der Waals surface area contributed by atoms with E-state index in [4.69, 9.17) is 4.74 Å². The lowest BCUT2D eigenvalue weighted by molar-refractivity contribution is -0.119. The van der Waals surface area contributed by atoms with Gasteiger partial charge in [-0.2, -0.15) is 0 Å². The summed E-state index contributed by atoms with van der Waals surface area (Å²) >= 11 is 0. The molecule has 1 aliphatic rings. The number of hydrogen-bond donors (Lipinski definition) is 1. The fourth-order valence-electron chi connectivity index (χ4n) is 0.936. The van der Waals surface area contributed by atoms with Crippen LogP contribution in [0.25, 0.3) is 0 Å². The van der Waals surface area contributed by atoms with Crippen LogP contribution in [0.2, 0.25) is 0 Å². The molecule has 1 atom stereocenters. The minimum Gasteiger partial charge on any atom is -0.379 e. The van der Waals surface area contributed by atoms with Crippen molar-refractivity contribution in [3.05, 3.63) is 0 Å². The molecule has 0 bridgehead atoms. The van der Waals surface area contributed by atoms with E-state index < -0.39 is 0 Å². The van der Waals surface area contributed by atoms with E-state index in [1.807, 2.05) is 0 Å². The van der Waals surface area contributed by atoms with Crippen LogP contribution in [-0.2, 0) is 9.53 Å². The molecule has 1 amide bonds. The fraction of sp³-hybridized carbons (Fsp3) is 0.833. The number of rotatable bonds is 1. The van der Waals surface area contributed by atoms with E-state index in [1.165, 1.54) is 6.92 Å². The van der Waals surface area contributed by atoms with Crippen LogP contribution in [0.1, 0.15) is 13.3 Å². The Morgan fingerprint density at radius 3 is 3.00 bits per heavy atom. The third-order valence-corrected chi connectivity index (χ3v) is 1.34. The zero-order valence-corrected chi connectivity index (χ0v) is 5.52. The number of nitrogens with one attached hydrogen (secondary N) is 1. The summed E-state index contributed by atoms with van der Waals surface area (Å²) in [5.41, 5.74) is 0. The minimum absolute atomic E-state index is 0.0329. The maximum atomic E-state index is 10.4. The van der Waals surface area contributed by atoms with E-state index in [-0.39, 0.29) is 11.9 Å². The number of carbonyl (C=O) groups excluding carboxylic acids is 1. The van der Waals surface area contributed by atoms with E-state index in [0.29, 0.717) is 6.61 Å². The molecule has 0 saturated carbocycles. The predicted octanol–water partition coefficient (Wildman–Crippen LogP) is -0.0886. The van der Waals surface area contributed by atoms with Gasteiger partial charge in [0.1, 0.15) is 0 Å². The van der Waals surface area contributed by atoms with Gasteiger partial charge in [0.05, 0.1) is 12.6 Å². The molecule has 1 aliphatic heterocycles. The summed E-state index contributed by atoms with van der Waals surface area (Å²) in [6, 6.07) is 0.266. The largest absolute Gasteiger partial charge is 0.379 e. The Bertz CT molecular complexity index is 108. The average molecular weight is 129 g/mol. The molecule has 3 heteroatoms. The molecule has 0 aromatic carbocycles. The van der Waals surface area contributed by atoms with Crippen LogP contribution in [-0.4, -0.2) is 25.2 Å². The van der Waals surface area contributed by atoms with Gasteiger partial charge in [0.25, 0.3) is 0 Å². The van der Waals surface area contributed by atoms with Gasteiger partial charge in [0.15, 0.2) is 0 Å². The van der Waals surface area contributed by atoms with Gasteiger partial charge in [-0.3, -0.25) is 4.79 Å². The van der Waals surface area contributed by atoms with Gasteiger partial charge in [0.2, 0.25) is 5.91 Å². The zero-order chi connectivity index (χ0) is 6.69. The lowest BCUT2D eigenvalue weighted by Crippen LogP contribution is -2.32. The molecule has 1 fully saturated rings. The van der Waals surface area contributed by atoms with Crippen LogP contribution in [0.3, 0.4) is 0 Å². The molecule has 1 N–H and O–H groups in total. The SMILES string of the molecule is CC(=O)N[C@@H]1CCOC1. The third-order valence-electron chi connectivity index (χ3n) is 1.34. The summed E-state index contributed by atoms with van der Waals surface area (Å²) in [5, 5.41) is 2.78. The molecular weight excluding hydrogens is 118 g/mol. The maximum Gasteiger partial charge on any atom is 0.217 e. The first-order chi connectivity index (χ1) is 4.29. The summed E-state index contributed by atoms with van der Waals surface area (Å²) < 4.78 is 5.04. The van der Waals surface area contributed by atoms with Crippen LogP contribution in [0, 0.1) is 0 Å². The van der Waals surface area contributed by atoms with E-state index in [9.17, 15) is 4.79 Å². The van der Waals surface area contributed by atoms with Crippen molar-refractivity contribution in [1.29, 1.82) is 0 Å². The highest BCUT2D eigenvalue weighted by Gasteiger charge is 2.15. The van der Waals surface area contributed by atoms with Gasteiger partial charge in [-0.25, -0.2) is 0 Å². The molecule has 9 heavy (non-hydrogen) atoms. The summed E-state index contributed by atoms with van der Waals surface area (Å²) in [6.07, 6.45) is 0.958. The first-order valence-corrected chi connectivity index (χ1v) is 3.14. The van der Waals surface area contributed by atoms with E-state index in [2.05, 4.69) is 5.32 Å². The monoisotopic (exact) mass is 129 g/mol. The second-order valence-electron chi connectivity index (χ2n) is 2.26. The van der Waals surface area contributed by atoms with E-state index in [0.717, 1.165) is 13.0 Å². The number of hydrogen-bond acceptors (Lipinski definition) is 2. The van der Waals surface area contributed by atoms with Gasteiger partial charge < -0.3 is 10.1 Å². The molecule has 0 unspecified atom stereocenters. The van der Waals surface area contributed by atoms with Crippen molar-refractivity contribution in [2.24, 2.45) is 0 Å². The van der Waals surface area contributed by atoms with Crippen LogP contribution < -0.4 is 5.32 Å². The number of carbonyl (C=O) groups is 1. The highest BCUT2D eigenvalue weighted by atomic mass is 16.5. The normalized spacial score (nSPS) is 26.1. The third kappa shape index (κ3) is 2.01. The topological polar surface area (TPSA) is 38.3 Å². The average Bonchev–Trinajstić information content (AvgIpc) is 2.15. The Hall–Kier alpha value is -0.570. The molecular formula is C6H11NO2. The Labute approximate surface area is 54.4 Å². The molecule has 3 nitrogen and oxygen atoms in total. The molecule has 52 valence electrons. The minimum atomic E-state index is 0.0329. The molecule has 1 heterocycles. The van der Waals surface area contributed by atoms with Gasteiger partial charge in [-0.15, -0.1) is 0 Å². The molecule has 0 aliphatic carbocycles. The van der Waals surface area contributed by atoms with E-state index in [1.54, 1.807) is 0 Å².